The number of aliphatic hydroxyl groups excluding tert-OH is 1. The van der Waals surface area contributed by atoms with E-state index in [4.69, 9.17) is 9.84 Å². The number of aromatic nitrogens is 4. The van der Waals surface area contributed by atoms with Crippen molar-refractivity contribution in [2.24, 2.45) is 7.05 Å². The van der Waals surface area contributed by atoms with E-state index < -0.39 is 23.3 Å². The first-order chi connectivity index (χ1) is 13.8. The average Bonchev–Trinajstić information content (AvgIpc) is 3.02. The first-order valence-corrected chi connectivity index (χ1v) is 9.66. The first-order valence-electron chi connectivity index (χ1n) is 8.68. The molecule has 0 aliphatic carbocycles. The molecule has 0 aliphatic heterocycles. The second kappa shape index (κ2) is 8.53. The van der Waals surface area contributed by atoms with E-state index >= 15 is 0 Å². The Morgan fingerprint density at radius 3 is 2.83 bits per heavy atom. The lowest BCUT2D eigenvalue weighted by Gasteiger charge is -2.15. The average molecular weight is 420 g/mol. The predicted molar refractivity (Wildman–Crippen MR) is 107 cm³/mol. The van der Waals surface area contributed by atoms with E-state index in [0.717, 1.165) is 21.9 Å². The van der Waals surface area contributed by atoms with Crippen LogP contribution in [0.3, 0.4) is 0 Å². The van der Waals surface area contributed by atoms with Gasteiger partial charge in [0.1, 0.15) is 18.5 Å². The molecule has 154 valence electrons. The number of H-pyrrole nitrogens is 1. The van der Waals surface area contributed by atoms with E-state index in [1.807, 2.05) is 25.1 Å². The fourth-order valence-electron chi connectivity index (χ4n) is 2.78. The lowest BCUT2D eigenvalue weighted by Crippen LogP contribution is -2.30. The summed E-state index contributed by atoms with van der Waals surface area (Å²) in [7, 11) is 1.45. The monoisotopic (exact) mass is 420 g/mol. The van der Waals surface area contributed by atoms with Crippen molar-refractivity contribution >= 4 is 28.9 Å². The Bertz CT molecular complexity index is 1170. The lowest BCUT2D eigenvalue weighted by atomic mass is 10.2. The number of imidazole rings is 1. The minimum atomic E-state index is -1.06. The molecule has 0 saturated carbocycles. The standard InChI is InChI=1S/C18H20N4O6S/c1-10-4-3-5-12(6-10)28-8-11(23)7-22-14-15(19-18(22)29-9-13(24)25)21(2)17(27)20-16(14)26/h3-6,11,23H,7-9H2,1-2H3,(H,24,25)(H,20,26,27). The Morgan fingerprint density at radius 1 is 1.38 bits per heavy atom. The van der Waals surface area contributed by atoms with Crippen LogP contribution in [0.5, 0.6) is 5.75 Å². The Kier molecular flexibility index (Phi) is 6.09. The van der Waals surface area contributed by atoms with Crippen LogP contribution < -0.4 is 16.0 Å². The molecular formula is C18H20N4O6S. The van der Waals surface area contributed by atoms with Crippen LogP contribution in [0.15, 0.2) is 39.0 Å². The van der Waals surface area contributed by atoms with Crippen molar-refractivity contribution in [3.05, 3.63) is 50.7 Å². The van der Waals surface area contributed by atoms with Crippen molar-refractivity contribution in [2.45, 2.75) is 24.7 Å². The van der Waals surface area contributed by atoms with Crippen molar-refractivity contribution in [3.63, 3.8) is 0 Å². The molecule has 11 heteroatoms. The lowest BCUT2D eigenvalue weighted by molar-refractivity contribution is -0.133. The molecule has 1 aromatic carbocycles. The molecule has 3 rings (SSSR count). The Balaban J connectivity index is 1.90. The summed E-state index contributed by atoms with van der Waals surface area (Å²) in [5.41, 5.74) is -0.0970. The molecule has 2 heterocycles. The van der Waals surface area contributed by atoms with Crippen LogP contribution in [0.25, 0.3) is 11.2 Å². The van der Waals surface area contributed by atoms with Gasteiger partial charge in [-0.05, 0) is 24.6 Å². The number of aliphatic carboxylic acids is 1. The van der Waals surface area contributed by atoms with Crippen LogP contribution in [-0.4, -0.2) is 53.7 Å². The van der Waals surface area contributed by atoms with E-state index in [-0.39, 0.29) is 35.2 Å². The van der Waals surface area contributed by atoms with Crippen LogP contribution in [-0.2, 0) is 18.4 Å². The van der Waals surface area contributed by atoms with Crippen LogP contribution in [0.4, 0.5) is 0 Å². The van der Waals surface area contributed by atoms with Gasteiger partial charge in [0.25, 0.3) is 5.56 Å². The molecule has 0 spiro atoms. The molecule has 0 amide bonds. The second-order valence-electron chi connectivity index (χ2n) is 6.46. The maximum Gasteiger partial charge on any atom is 0.329 e. The van der Waals surface area contributed by atoms with Crippen LogP contribution >= 0.6 is 11.8 Å². The molecule has 2 aromatic heterocycles. The summed E-state index contributed by atoms with van der Waals surface area (Å²) in [4.78, 5) is 41.6. The van der Waals surface area contributed by atoms with Crippen molar-refractivity contribution in [3.8, 4) is 5.75 Å². The Labute approximate surface area is 168 Å². The number of aryl methyl sites for hydroxylation is 2. The number of aromatic amines is 1. The number of carbonyl (C=O) groups is 1. The molecule has 3 aromatic rings. The summed E-state index contributed by atoms with van der Waals surface area (Å²) in [6, 6.07) is 7.35. The maximum atomic E-state index is 12.4. The molecule has 0 fully saturated rings. The molecule has 1 unspecified atom stereocenters. The van der Waals surface area contributed by atoms with Gasteiger partial charge in [0.15, 0.2) is 16.3 Å². The van der Waals surface area contributed by atoms with E-state index in [2.05, 4.69) is 9.97 Å². The molecule has 0 aliphatic rings. The number of carboxylic acid groups (broad SMARTS) is 1. The largest absolute Gasteiger partial charge is 0.491 e. The second-order valence-corrected chi connectivity index (χ2v) is 7.40. The number of thioether (sulfide) groups is 1. The fraction of sp³-hybridized carbons (Fsp3) is 0.333. The minimum Gasteiger partial charge on any atom is -0.491 e. The van der Waals surface area contributed by atoms with Crippen molar-refractivity contribution in [2.75, 3.05) is 12.4 Å². The fourth-order valence-corrected chi connectivity index (χ4v) is 3.51. The van der Waals surface area contributed by atoms with Gasteiger partial charge in [-0.15, -0.1) is 0 Å². The van der Waals surface area contributed by atoms with Gasteiger partial charge in [-0.2, -0.15) is 0 Å². The number of nitrogens with one attached hydrogen (secondary N) is 1. The maximum absolute atomic E-state index is 12.4. The topological polar surface area (TPSA) is 139 Å². The highest BCUT2D eigenvalue weighted by Gasteiger charge is 2.20. The summed E-state index contributed by atoms with van der Waals surface area (Å²) in [6.45, 7) is 1.81. The molecule has 3 N–H and O–H groups in total. The molecule has 0 radical (unpaired) electrons. The predicted octanol–water partition coefficient (Wildman–Crippen LogP) is 0.348. The summed E-state index contributed by atoms with van der Waals surface area (Å²) in [5.74, 6) is -0.745. The smallest absolute Gasteiger partial charge is 0.329 e. The number of hydrogen-bond donors (Lipinski definition) is 3. The highest BCUT2D eigenvalue weighted by atomic mass is 32.2. The van der Waals surface area contributed by atoms with E-state index in [1.54, 1.807) is 6.07 Å². The van der Waals surface area contributed by atoms with Crippen molar-refractivity contribution in [1.82, 2.24) is 19.1 Å². The Hall–Kier alpha value is -3.05. The molecule has 1 atom stereocenters. The zero-order chi connectivity index (χ0) is 21.1. The van der Waals surface area contributed by atoms with Gasteiger partial charge >= 0.3 is 11.7 Å². The van der Waals surface area contributed by atoms with Crippen LogP contribution in [0.1, 0.15) is 5.56 Å². The highest BCUT2D eigenvalue weighted by Crippen LogP contribution is 2.22. The zero-order valence-electron chi connectivity index (χ0n) is 15.8. The van der Waals surface area contributed by atoms with E-state index in [0.29, 0.717) is 5.75 Å². The van der Waals surface area contributed by atoms with E-state index in [9.17, 15) is 19.5 Å². The van der Waals surface area contributed by atoms with Crippen LogP contribution in [0, 0.1) is 6.92 Å². The summed E-state index contributed by atoms with van der Waals surface area (Å²) < 4.78 is 8.16. The Morgan fingerprint density at radius 2 is 2.14 bits per heavy atom. The number of ether oxygens (including phenoxy) is 1. The molecule has 0 bridgehead atoms. The van der Waals surface area contributed by atoms with Gasteiger partial charge in [0, 0.05) is 7.05 Å². The summed E-state index contributed by atoms with van der Waals surface area (Å²) in [6.07, 6.45) is -1.01. The molecular weight excluding hydrogens is 400 g/mol. The van der Waals surface area contributed by atoms with Gasteiger partial charge < -0.3 is 19.5 Å². The first kappa shape index (κ1) is 20.7. The number of aliphatic hydroxyl groups is 1. The normalized spacial score (nSPS) is 12.2. The van der Waals surface area contributed by atoms with Crippen LogP contribution in [0.2, 0.25) is 0 Å². The van der Waals surface area contributed by atoms with Gasteiger partial charge in [0.05, 0.1) is 12.3 Å². The number of rotatable bonds is 8. The van der Waals surface area contributed by atoms with E-state index in [1.165, 1.54) is 11.6 Å². The molecule has 29 heavy (non-hydrogen) atoms. The molecule has 10 nitrogen and oxygen atoms in total. The summed E-state index contributed by atoms with van der Waals surface area (Å²) >= 11 is 0.895. The zero-order valence-corrected chi connectivity index (χ0v) is 16.6. The summed E-state index contributed by atoms with van der Waals surface area (Å²) in [5, 5.41) is 19.6. The van der Waals surface area contributed by atoms with Gasteiger partial charge in [-0.3, -0.25) is 19.1 Å². The number of hydrogen-bond acceptors (Lipinski definition) is 7. The third-order valence-corrected chi connectivity index (χ3v) is 5.08. The third-order valence-electron chi connectivity index (χ3n) is 4.12. The minimum absolute atomic E-state index is 0.0458. The third kappa shape index (κ3) is 4.69. The highest BCUT2D eigenvalue weighted by molar-refractivity contribution is 7.99. The van der Waals surface area contributed by atoms with Gasteiger partial charge in [-0.1, -0.05) is 23.9 Å². The number of nitrogens with zero attached hydrogens (tertiary/aromatic N) is 3. The van der Waals surface area contributed by atoms with Crippen molar-refractivity contribution < 1.29 is 19.7 Å². The SMILES string of the molecule is Cc1cccc(OCC(O)Cn2c(SCC(=O)O)nc3c2c(=O)[nH]c(=O)n3C)c1. The quantitative estimate of drug-likeness (QED) is 0.444. The number of fused-ring (bicyclic) bond motifs is 1. The molecule has 0 saturated heterocycles. The number of carboxylic acids is 1. The van der Waals surface area contributed by atoms with Crippen molar-refractivity contribution in [1.29, 1.82) is 0 Å². The van der Waals surface area contributed by atoms with Gasteiger partial charge in [0.2, 0.25) is 0 Å². The number of benzene rings is 1. The van der Waals surface area contributed by atoms with Gasteiger partial charge in [-0.25, -0.2) is 9.78 Å².